The minimum Gasteiger partial charge on any atom is -0.482 e. The molecule has 8 nitrogen and oxygen atoms in total. The summed E-state index contributed by atoms with van der Waals surface area (Å²) in [5.74, 6) is -0.898. The van der Waals surface area contributed by atoms with Gasteiger partial charge in [0.25, 0.3) is 11.1 Å². The van der Waals surface area contributed by atoms with Crippen LogP contribution in [0.4, 0.5) is 4.79 Å². The van der Waals surface area contributed by atoms with E-state index >= 15 is 0 Å². The monoisotopic (exact) mass is 400 g/mol. The Bertz CT molecular complexity index is 711. The van der Waals surface area contributed by atoms with Crippen molar-refractivity contribution in [2.75, 3.05) is 32.1 Å². The van der Waals surface area contributed by atoms with E-state index in [0.717, 1.165) is 22.2 Å². The van der Waals surface area contributed by atoms with E-state index in [0.29, 0.717) is 10.8 Å². The zero-order valence-electron chi connectivity index (χ0n) is 14.0. The van der Waals surface area contributed by atoms with E-state index in [2.05, 4.69) is 5.32 Å². The van der Waals surface area contributed by atoms with E-state index in [1.807, 2.05) is 0 Å². The molecule has 0 unspecified atom stereocenters. The quantitative estimate of drug-likeness (QED) is 0.657. The number of hydrogen-bond donors (Lipinski definition) is 1. The summed E-state index contributed by atoms with van der Waals surface area (Å²) in [4.78, 5) is 47.1. The second-order valence-electron chi connectivity index (χ2n) is 5.31. The molecule has 0 radical (unpaired) electrons. The zero-order valence-corrected chi connectivity index (χ0v) is 15.5. The number of ether oxygens (including phenoxy) is 2. The Balaban J connectivity index is 1.63. The third-order valence-corrected chi connectivity index (χ3v) is 4.44. The van der Waals surface area contributed by atoms with Gasteiger partial charge in [0.1, 0.15) is 5.75 Å². The number of aryl methyl sites for hydroxylation is 1. The second kappa shape index (κ2) is 9.44. The van der Waals surface area contributed by atoms with E-state index in [1.165, 1.54) is 0 Å². The molecule has 1 aromatic carbocycles. The molecule has 1 N–H and O–H groups in total. The summed E-state index contributed by atoms with van der Waals surface area (Å²) in [6.07, 6.45) is 0. The highest BCUT2D eigenvalue weighted by Crippen LogP contribution is 2.21. The summed E-state index contributed by atoms with van der Waals surface area (Å²) in [6.45, 7) is 1.15. The number of carbonyl (C=O) groups is 4. The fourth-order valence-corrected chi connectivity index (χ4v) is 3.03. The fraction of sp³-hybridized carbons (Fsp3) is 0.375. The number of esters is 1. The van der Waals surface area contributed by atoms with Crippen molar-refractivity contribution in [2.24, 2.45) is 0 Å². The molecule has 0 aromatic heterocycles. The van der Waals surface area contributed by atoms with Crippen LogP contribution >= 0.6 is 23.4 Å². The topological polar surface area (TPSA) is 102 Å². The second-order valence-corrected chi connectivity index (χ2v) is 6.67. The zero-order chi connectivity index (χ0) is 19.1. The molecule has 1 saturated heterocycles. The van der Waals surface area contributed by atoms with Gasteiger partial charge in [0.2, 0.25) is 5.91 Å². The highest BCUT2D eigenvalue weighted by molar-refractivity contribution is 8.14. The molecule has 1 heterocycles. The van der Waals surface area contributed by atoms with Crippen molar-refractivity contribution in [3.63, 3.8) is 0 Å². The van der Waals surface area contributed by atoms with Crippen molar-refractivity contribution in [1.29, 1.82) is 0 Å². The summed E-state index contributed by atoms with van der Waals surface area (Å²) in [5.41, 5.74) is 0.771. The molecule has 0 atom stereocenters. The maximum absolute atomic E-state index is 11.6. The minimum atomic E-state index is -0.698. The molecule has 1 aliphatic rings. The summed E-state index contributed by atoms with van der Waals surface area (Å²) in [5, 5.41) is 2.70. The lowest BCUT2D eigenvalue weighted by Crippen LogP contribution is -2.39. The number of thioether (sulfide) groups is 1. The maximum Gasteiger partial charge on any atom is 0.344 e. The number of nitrogens with one attached hydrogen (secondary N) is 1. The lowest BCUT2D eigenvalue weighted by molar-refractivity contribution is -0.150. The number of amides is 3. The van der Waals surface area contributed by atoms with Crippen LogP contribution in [0.5, 0.6) is 5.75 Å². The molecule has 1 aliphatic heterocycles. The Morgan fingerprint density at radius 3 is 2.73 bits per heavy atom. The van der Waals surface area contributed by atoms with Crippen LogP contribution in [0.25, 0.3) is 0 Å². The van der Waals surface area contributed by atoms with E-state index in [9.17, 15) is 19.2 Å². The van der Waals surface area contributed by atoms with Crippen molar-refractivity contribution >= 4 is 46.4 Å². The van der Waals surface area contributed by atoms with Crippen LogP contribution in [-0.2, 0) is 19.1 Å². The van der Waals surface area contributed by atoms with E-state index in [1.54, 1.807) is 25.1 Å². The molecule has 0 saturated carbocycles. The van der Waals surface area contributed by atoms with E-state index in [4.69, 9.17) is 21.1 Å². The van der Waals surface area contributed by atoms with Gasteiger partial charge in [-0.15, -0.1) is 0 Å². The highest BCUT2D eigenvalue weighted by Gasteiger charge is 2.29. The van der Waals surface area contributed by atoms with Crippen LogP contribution in [0.15, 0.2) is 18.2 Å². The average molecular weight is 401 g/mol. The van der Waals surface area contributed by atoms with Gasteiger partial charge in [-0.25, -0.2) is 4.79 Å². The van der Waals surface area contributed by atoms with Gasteiger partial charge in [-0.05, 0) is 30.7 Å². The number of imide groups is 1. The standard InChI is InChI=1S/C16H17ClN2O6S/c1-10-6-11(17)2-3-12(10)24-8-15(22)25-7-13(20)18-4-5-19-14(21)9-26-16(19)23/h2-3,6H,4-5,7-9H2,1H3,(H,18,20). The van der Waals surface area contributed by atoms with Crippen LogP contribution < -0.4 is 10.1 Å². The lowest BCUT2D eigenvalue weighted by atomic mass is 10.2. The molecule has 26 heavy (non-hydrogen) atoms. The first kappa shape index (κ1) is 20.1. The predicted octanol–water partition coefficient (Wildman–Crippen LogP) is 1.38. The Labute approximate surface area is 159 Å². The van der Waals surface area contributed by atoms with E-state index in [-0.39, 0.29) is 36.6 Å². The summed E-state index contributed by atoms with van der Waals surface area (Å²) < 4.78 is 10.1. The molecule has 1 aromatic rings. The highest BCUT2D eigenvalue weighted by atomic mass is 35.5. The number of nitrogens with zero attached hydrogens (tertiary/aromatic N) is 1. The Morgan fingerprint density at radius 1 is 1.31 bits per heavy atom. The molecule has 0 bridgehead atoms. The SMILES string of the molecule is Cc1cc(Cl)ccc1OCC(=O)OCC(=O)NCCN1C(=O)CSC1=O. The first-order valence-electron chi connectivity index (χ1n) is 7.65. The Morgan fingerprint density at radius 2 is 2.08 bits per heavy atom. The van der Waals surface area contributed by atoms with Gasteiger partial charge in [-0.2, -0.15) is 0 Å². The molecule has 0 spiro atoms. The average Bonchev–Trinajstić information content (AvgIpc) is 2.91. The summed E-state index contributed by atoms with van der Waals surface area (Å²) >= 11 is 6.76. The van der Waals surface area contributed by atoms with Crippen LogP contribution in [0.1, 0.15) is 5.56 Å². The fourth-order valence-electron chi connectivity index (χ4n) is 2.05. The van der Waals surface area contributed by atoms with Crippen molar-refractivity contribution in [2.45, 2.75) is 6.92 Å². The lowest BCUT2D eigenvalue weighted by Gasteiger charge is -2.13. The smallest absolute Gasteiger partial charge is 0.344 e. The largest absolute Gasteiger partial charge is 0.482 e. The molecular weight excluding hydrogens is 384 g/mol. The normalized spacial score (nSPS) is 13.7. The third kappa shape index (κ3) is 5.92. The summed E-state index contributed by atoms with van der Waals surface area (Å²) in [7, 11) is 0. The van der Waals surface area contributed by atoms with Crippen molar-refractivity contribution in [3.8, 4) is 5.75 Å². The Kier molecular flexibility index (Phi) is 7.28. The molecular formula is C16H17ClN2O6S. The van der Waals surface area contributed by atoms with Crippen LogP contribution in [0.3, 0.4) is 0 Å². The van der Waals surface area contributed by atoms with Crippen LogP contribution in [-0.4, -0.2) is 60.0 Å². The maximum atomic E-state index is 11.6. The molecule has 1 fully saturated rings. The number of benzene rings is 1. The summed E-state index contributed by atoms with van der Waals surface area (Å²) in [6, 6.07) is 4.97. The number of rotatable bonds is 8. The first-order chi connectivity index (χ1) is 12.4. The molecule has 3 amide bonds. The van der Waals surface area contributed by atoms with Crippen LogP contribution in [0, 0.1) is 6.92 Å². The molecule has 140 valence electrons. The van der Waals surface area contributed by atoms with Gasteiger partial charge < -0.3 is 14.8 Å². The van der Waals surface area contributed by atoms with Gasteiger partial charge in [0, 0.05) is 18.1 Å². The van der Waals surface area contributed by atoms with Gasteiger partial charge in [-0.1, -0.05) is 23.4 Å². The van der Waals surface area contributed by atoms with Gasteiger partial charge in [0.05, 0.1) is 5.75 Å². The Hall–Kier alpha value is -2.26. The molecule has 0 aliphatic carbocycles. The minimum absolute atomic E-state index is 0.0866. The molecule has 2 rings (SSSR count). The number of hydrogen-bond acceptors (Lipinski definition) is 7. The van der Waals surface area contributed by atoms with E-state index < -0.39 is 18.5 Å². The number of carbonyl (C=O) groups excluding carboxylic acids is 4. The van der Waals surface area contributed by atoms with Crippen molar-refractivity contribution in [3.05, 3.63) is 28.8 Å². The van der Waals surface area contributed by atoms with Crippen molar-refractivity contribution in [1.82, 2.24) is 10.2 Å². The third-order valence-electron chi connectivity index (χ3n) is 3.34. The van der Waals surface area contributed by atoms with Crippen molar-refractivity contribution < 1.29 is 28.7 Å². The predicted molar refractivity (Wildman–Crippen MR) is 95.2 cm³/mol. The first-order valence-corrected chi connectivity index (χ1v) is 9.01. The number of halogens is 1. The van der Waals surface area contributed by atoms with Gasteiger partial charge in [-0.3, -0.25) is 19.3 Å². The molecule has 10 heteroatoms. The van der Waals surface area contributed by atoms with Crippen LogP contribution in [0.2, 0.25) is 5.02 Å². The van der Waals surface area contributed by atoms with Gasteiger partial charge >= 0.3 is 5.97 Å². The van der Waals surface area contributed by atoms with Gasteiger partial charge in [0.15, 0.2) is 13.2 Å².